The van der Waals surface area contributed by atoms with Crippen LogP contribution in [0.2, 0.25) is 10.0 Å². The largest absolute Gasteiger partial charge is 0.507 e. The monoisotopic (exact) mass is 394 g/mol. The highest BCUT2D eigenvalue weighted by molar-refractivity contribution is 6.35. The number of hydrogen-bond acceptors (Lipinski definition) is 4. The smallest absolute Gasteiger partial charge is 0.240 e. The van der Waals surface area contributed by atoms with E-state index in [1.807, 2.05) is 6.92 Å². The lowest BCUT2D eigenvalue weighted by Crippen LogP contribution is -2.20. The number of phenols is 1. The summed E-state index contributed by atoms with van der Waals surface area (Å²) in [4.78, 5) is 11.9. The van der Waals surface area contributed by atoms with Gasteiger partial charge < -0.3 is 9.84 Å². The number of amides is 1. The Labute approximate surface area is 162 Å². The van der Waals surface area contributed by atoms with E-state index < -0.39 is 0 Å². The number of carbonyl (C=O) groups is 1. The number of benzene rings is 2. The van der Waals surface area contributed by atoms with Crippen molar-refractivity contribution in [3.63, 3.8) is 0 Å². The van der Waals surface area contributed by atoms with E-state index in [-0.39, 0.29) is 18.1 Å². The van der Waals surface area contributed by atoms with Crippen LogP contribution >= 0.6 is 23.2 Å². The summed E-state index contributed by atoms with van der Waals surface area (Å²) < 4.78 is 5.53. The average molecular weight is 395 g/mol. The topological polar surface area (TPSA) is 70.9 Å². The third-order valence-corrected chi connectivity index (χ3v) is 4.10. The van der Waals surface area contributed by atoms with Crippen LogP contribution in [0.25, 0.3) is 0 Å². The number of para-hydroxylation sites is 1. The van der Waals surface area contributed by atoms with Gasteiger partial charge in [0.2, 0.25) is 5.91 Å². The zero-order valence-electron chi connectivity index (χ0n) is 14.3. The van der Waals surface area contributed by atoms with Crippen LogP contribution in [0.1, 0.15) is 31.7 Å². The zero-order chi connectivity index (χ0) is 18.9. The summed E-state index contributed by atoms with van der Waals surface area (Å²) in [5, 5.41) is 15.0. The molecule has 0 fully saturated rings. The maximum Gasteiger partial charge on any atom is 0.240 e. The van der Waals surface area contributed by atoms with E-state index in [4.69, 9.17) is 27.9 Å². The maximum atomic E-state index is 11.9. The summed E-state index contributed by atoms with van der Waals surface area (Å²) in [6.45, 7) is 2.25. The van der Waals surface area contributed by atoms with Crippen LogP contribution < -0.4 is 10.2 Å². The molecule has 0 saturated carbocycles. The minimum atomic E-state index is -0.225. The second kappa shape index (κ2) is 10.0. The third kappa shape index (κ3) is 5.93. The first kappa shape index (κ1) is 20.1. The Morgan fingerprint density at radius 2 is 2.00 bits per heavy atom. The minimum absolute atomic E-state index is 0.135. The van der Waals surface area contributed by atoms with Gasteiger partial charge in [-0.15, -0.1) is 0 Å². The van der Waals surface area contributed by atoms with E-state index in [0.717, 1.165) is 0 Å². The number of rotatable bonds is 8. The van der Waals surface area contributed by atoms with Crippen LogP contribution in [0.5, 0.6) is 11.5 Å². The van der Waals surface area contributed by atoms with Crippen LogP contribution in [0.3, 0.4) is 0 Å². The lowest BCUT2D eigenvalue weighted by Gasteiger charge is -2.09. The fourth-order valence-corrected chi connectivity index (χ4v) is 2.70. The molecule has 0 bridgehead atoms. The first-order chi connectivity index (χ1) is 12.5. The second-order valence-corrected chi connectivity index (χ2v) is 6.33. The first-order valence-corrected chi connectivity index (χ1v) is 8.98. The summed E-state index contributed by atoms with van der Waals surface area (Å²) in [7, 11) is 0. The van der Waals surface area contributed by atoms with Crippen molar-refractivity contribution < 1.29 is 14.6 Å². The molecule has 5 nitrogen and oxygen atoms in total. The predicted octanol–water partition coefficient (Wildman–Crippen LogP) is 4.79. The molecule has 0 aliphatic carbocycles. The lowest BCUT2D eigenvalue weighted by atomic mass is 10.1. The Kier molecular flexibility index (Phi) is 7.75. The Hall–Kier alpha value is -2.24. The Morgan fingerprint density at radius 1 is 1.23 bits per heavy atom. The highest BCUT2D eigenvalue weighted by atomic mass is 35.5. The maximum absolute atomic E-state index is 11.9. The number of carbonyl (C=O) groups excluding carboxylic acids is 1. The molecular weight excluding hydrogens is 375 g/mol. The lowest BCUT2D eigenvalue weighted by molar-refractivity contribution is -0.121. The van der Waals surface area contributed by atoms with Crippen molar-refractivity contribution >= 4 is 34.8 Å². The van der Waals surface area contributed by atoms with Crippen molar-refractivity contribution in [2.75, 3.05) is 6.61 Å². The molecule has 0 atom stereocenters. The molecule has 0 spiro atoms. The van der Waals surface area contributed by atoms with Gasteiger partial charge in [-0.3, -0.25) is 4.79 Å². The van der Waals surface area contributed by atoms with Crippen LogP contribution in [-0.4, -0.2) is 23.3 Å². The Balaban J connectivity index is 1.80. The fraction of sp³-hybridized carbons (Fsp3) is 0.263. The number of phenolic OH excluding ortho intramolecular Hbond substituents is 1. The zero-order valence-corrected chi connectivity index (χ0v) is 15.8. The summed E-state index contributed by atoms with van der Waals surface area (Å²) in [6.07, 6.45) is 1.35. The fourth-order valence-electron chi connectivity index (χ4n) is 2.24. The third-order valence-electron chi connectivity index (χ3n) is 3.57. The normalized spacial score (nSPS) is 11.3. The number of nitrogens with one attached hydrogen (secondary N) is 1. The van der Waals surface area contributed by atoms with Crippen molar-refractivity contribution in [3.05, 3.63) is 58.1 Å². The van der Waals surface area contributed by atoms with Crippen molar-refractivity contribution in [2.24, 2.45) is 5.10 Å². The van der Waals surface area contributed by atoms with Crippen molar-refractivity contribution in [1.29, 1.82) is 0 Å². The molecule has 0 aromatic heterocycles. The molecule has 0 radical (unpaired) electrons. The number of hydrazone groups is 1. The summed E-state index contributed by atoms with van der Waals surface area (Å²) in [5.41, 5.74) is 3.73. The van der Waals surface area contributed by atoms with Gasteiger partial charge in [0.25, 0.3) is 0 Å². The van der Waals surface area contributed by atoms with E-state index in [0.29, 0.717) is 46.5 Å². The average Bonchev–Trinajstić information content (AvgIpc) is 2.62. The first-order valence-electron chi connectivity index (χ1n) is 8.23. The molecule has 2 N–H and O–H groups in total. The van der Waals surface area contributed by atoms with Gasteiger partial charge in [0.05, 0.1) is 17.3 Å². The van der Waals surface area contributed by atoms with Crippen LogP contribution in [0, 0.1) is 0 Å². The molecule has 2 aromatic carbocycles. The number of nitrogens with zero attached hydrogens (tertiary/aromatic N) is 1. The van der Waals surface area contributed by atoms with Gasteiger partial charge in [0.1, 0.15) is 11.5 Å². The molecule has 0 unspecified atom stereocenters. The molecule has 0 aliphatic heterocycles. The summed E-state index contributed by atoms with van der Waals surface area (Å²) in [5.74, 6) is 0.440. The number of aromatic hydroxyl groups is 1. The highest BCUT2D eigenvalue weighted by Crippen LogP contribution is 2.27. The summed E-state index contributed by atoms with van der Waals surface area (Å²) >= 11 is 11.8. The molecule has 7 heteroatoms. The van der Waals surface area contributed by atoms with Crippen LogP contribution in [0.15, 0.2) is 47.6 Å². The van der Waals surface area contributed by atoms with E-state index in [9.17, 15) is 9.90 Å². The van der Waals surface area contributed by atoms with Crippen LogP contribution in [0.4, 0.5) is 0 Å². The van der Waals surface area contributed by atoms with Crippen molar-refractivity contribution in [1.82, 2.24) is 5.43 Å². The summed E-state index contributed by atoms with van der Waals surface area (Å²) in [6, 6.07) is 11.9. The Morgan fingerprint density at radius 3 is 2.69 bits per heavy atom. The predicted molar refractivity (Wildman–Crippen MR) is 104 cm³/mol. The molecule has 2 aromatic rings. The van der Waals surface area contributed by atoms with Gasteiger partial charge in [-0.2, -0.15) is 5.10 Å². The molecule has 0 heterocycles. The standard InChI is InChI=1S/C19H20Cl2N2O3/c1-2-16(14-6-3-4-7-17(14)24)22-23-19(25)8-5-11-26-18-10-9-13(20)12-15(18)21/h3-4,6-7,9-10,12,24H,2,5,8,11H2,1H3,(H,23,25)/b22-16+. The SMILES string of the molecule is CC/C(=N\NC(=O)CCCOc1ccc(Cl)cc1Cl)c1ccccc1O. The van der Waals surface area contributed by atoms with Gasteiger partial charge in [-0.05, 0) is 43.2 Å². The molecule has 2 rings (SSSR count). The van der Waals surface area contributed by atoms with Crippen molar-refractivity contribution in [2.45, 2.75) is 26.2 Å². The minimum Gasteiger partial charge on any atom is -0.507 e. The Bertz CT molecular complexity index is 794. The van der Waals surface area contributed by atoms with Gasteiger partial charge in [-0.25, -0.2) is 5.43 Å². The van der Waals surface area contributed by atoms with Gasteiger partial charge in [0.15, 0.2) is 0 Å². The number of halogens is 2. The van der Waals surface area contributed by atoms with E-state index in [1.54, 1.807) is 42.5 Å². The van der Waals surface area contributed by atoms with Crippen LogP contribution in [-0.2, 0) is 4.79 Å². The molecule has 1 amide bonds. The van der Waals surface area contributed by atoms with Gasteiger partial charge >= 0.3 is 0 Å². The second-order valence-electron chi connectivity index (χ2n) is 5.49. The van der Waals surface area contributed by atoms with Gasteiger partial charge in [-0.1, -0.05) is 42.3 Å². The van der Waals surface area contributed by atoms with Crippen molar-refractivity contribution in [3.8, 4) is 11.5 Å². The van der Waals surface area contributed by atoms with Gasteiger partial charge in [0, 0.05) is 17.0 Å². The molecule has 0 aliphatic rings. The highest BCUT2D eigenvalue weighted by Gasteiger charge is 2.08. The quantitative estimate of drug-likeness (QED) is 0.384. The van der Waals surface area contributed by atoms with E-state index in [2.05, 4.69) is 10.5 Å². The molecule has 0 saturated heterocycles. The number of ether oxygens (including phenoxy) is 1. The van der Waals surface area contributed by atoms with E-state index >= 15 is 0 Å². The van der Waals surface area contributed by atoms with E-state index in [1.165, 1.54) is 0 Å². The molecule has 138 valence electrons. The molecular formula is C19H20Cl2N2O3. The molecule has 26 heavy (non-hydrogen) atoms. The number of hydrogen-bond donors (Lipinski definition) is 2.